The smallest absolute Gasteiger partial charge is 0.185 e. The van der Waals surface area contributed by atoms with Crippen LogP contribution in [-0.2, 0) is 6.54 Å². The van der Waals surface area contributed by atoms with Gasteiger partial charge < -0.3 is 15.5 Å². The van der Waals surface area contributed by atoms with Gasteiger partial charge in [-0.05, 0) is 20.0 Å². The van der Waals surface area contributed by atoms with Crippen molar-refractivity contribution in [2.75, 3.05) is 39.1 Å². The van der Waals surface area contributed by atoms with Crippen LogP contribution >= 0.6 is 11.3 Å². The van der Waals surface area contributed by atoms with E-state index >= 15 is 0 Å². The summed E-state index contributed by atoms with van der Waals surface area (Å²) in [5.74, 6) is 0.445. The molecule has 1 heterocycles. The van der Waals surface area contributed by atoms with Crippen LogP contribution in [0.4, 0.5) is 5.13 Å². The van der Waals surface area contributed by atoms with Crippen molar-refractivity contribution < 1.29 is 0 Å². The van der Waals surface area contributed by atoms with E-state index in [1.165, 1.54) is 4.88 Å². The van der Waals surface area contributed by atoms with Crippen molar-refractivity contribution in [2.45, 2.75) is 26.3 Å². The highest BCUT2D eigenvalue weighted by molar-refractivity contribution is 7.15. The zero-order valence-electron chi connectivity index (χ0n) is 11.5. The van der Waals surface area contributed by atoms with Crippen LogP contribution < -0.4 is 10.6 Å². The van der Waals surface area contributed by atoms with Crippen molar-refractivity contribution in [1.29, 1.82) is 0 Å². The van der Waals surface area contributed by atoms with E-state index < -0.39 is 0 Å². The van der Waals surface area contributed by atoms with E-state index in [4.69, 9.17) is 10.7 Å². The molecule has 0 saturated heterocycles. The second-order valence-corrected chi connectivity index (χ2v) is 5.95. The molecular weight excluding hydrogens is 232 g/mol. The quantitative estimate of drug-likeness (QED) is 0.842. The van der Waals surface area contributed by atoms with Crippen molar-refractivity contribution in [2.24, 2.45) is 5.73 Å². The fourth-order valence-electron chi connectivity index (χ4n) is 1.56. The number of nitrogens with zero attached hydrogens (tertiary/aromatic N) is 3. The van der Waals surface area contributed by atoms with Crippen molar-refractivity contribution >= 4 is 16.5 Å². The highest BCUT2D eigenvalue weighted by Gasteiger charge is 2.15. The van der Waals surface area contributed by atoms with Crippen molar-refractivity contribution in [3.63, 3.8) is 0 Å². The number of hydrogen-bond acceptors (Lipinski definition) is 5. The molecule has 4 nitrogen and oxygen atoms in total. The highest BCUT2D eigenvalue weighted by atomic mass is 32.1. The SMILES string of the molecule is CC(C)c1nc(N(C)CCN(C)C)sc1CN. The Balaban J connectivity index is 2.77. The standard InChI is InChI=1S/C12H24N4S/c1-9(2)11-10(8-13)17-12(14-11)16(5)7-6-15(3)4/h9H,6-8,13H2,1-5H3. The number of hydrogen-bond donors (Lipinski definition) is 1. The molecule has 0 radical (unpaired) electrons. The molecule has 0 amide bonds. The molecule has 0 bridgehead atoms. The Morgan fingerprint density at radius 3 is 2.29 bits per heavy atom. The van der Waals surface area contributed by atoms with Gasteiger partial charge in [-0.2, -0.15) is 0 Å². The van der Waals surface area contributed by atoms with Gasteiger partial charge in [-0.3, -0.25) is 0 Å². The van der Waals surface area contributed by atoms with Gasteiger partial charge >= 0.3 is 0 Å². The van der Waals surface area contributed by atoms with Gasteiger partial charge in [-0.25, -0.2) is 4.98 Å². The van der Waals surface area contributed by atoms with Crippen LogP contribution in [0.1, 0.15) is 30.3 Å². The lowest BCUT2D eigenvalue weighted by atomic mass is 10.1. The number of likely N-dealkylation sites (N-methyl/N-ethyl adjacent to an activating group) is 2. The van der Waals surface area contributed by atoms with E-state index in [0.717, 1.165) is 23.9 Å². The minimum Gasteiger partial charge on any atom is -0.350 e. The zero-order valence-corrected chi connectivity index (χ0v) is 12.3. The van der Waals surface area contributed by atoms with Gasteiger partial charge in [-0.1, -0.05) is 13.8 Å². The van der Waals surface area contributed by atoms with E-state index in [1.54, 1.807) is 11.3 Å². The summed E-state index contributed by atoms with van der Waals surface area (Å²) in [6.07, 6.45) is 0. The van der Waals surface area contributed by atoms with Gasteiger partial charge in [0.2, 0.25) is 0 Å². The van der Waals surface area contributed by atoms with E-state index in [1.807, 2.05) is 0 Å². The number of rotatable bonds is 6. The maximum Gasteiger partial charge on any atom is 0.185 e. The summed E-state index contributed by atoms with van der Waals surface area (Å²) in [4.78, 5) is 10.3. The molecule has 0 aliphatic heterocycles. The number of aromatic nitrogens is 1. The number of anilines is 1. The maximum absolute atomic E-state index is 5.77. The summed E-state index contributed by atoms with van der Waals surface area (Å²) in [6.45, 7) is 6.94. The molecule has 5 heteroatoms. The van der Waals surface area contributed by atoms with Crippen LogP contribution in [0.5, 0.6) is 0 Å². The normalized spacial score (nSPS) is 11.5. The molecule has 0 atom stereocenters. The first-order valence-electron chi connectivity index (χ1n) is 6.01. The van der Waals surface area contributed by atoms with Crippen molar-refractivity contribution in [3.05, 3.63) is 10.6 Å². The third kappa shape index (κ3) is 3.94. The summed E-state index contributed by atoms with van der Waals surface area (Å²) >= 11 is 1.72. The van der Waals surface area contributed by atoms with Crippen molar-refractivity contribution in [1.82, 2.24) is 9.88 Å². The second kappa shape index (κ2) is 6.33. The van der Waals surface area contributed by atoms with E-state index in [-0.39, 0.29) is 0 Å². The molecule has 0 spiro atoms. The first-order chi connectivity index (χ1) is 7.95. The first-order valence-corrected chi connectivity index (χ1v) is 6.82. The van der Waals surface area contributed by atoms with Gasteiger partial charge in [0.05, 0.1) is 5.69 Å². The summed E-state index contributed by atoms with van der Waals surface area (Å²) in [7, 11) is 6.26. The monoisotopic (exact) mass is 256 g/mol. The maximum atomic E-state index is 5.77. The Bertz CT molecular complexity index is 346. The molecule has 2 N–H and O–H groups in total. The third-order valence-corrected chi connectivity index (χ3v) is 3.87. The predicted molar refractivity (Wildman–Crippen MR) is 75.9 cm³/mol. The Hall–Kier alpha value is -0.650. The summed E-state index contributed by atoms with van der Waals surface area (Å²) in [5.41, 5.74) is 6.92. The lowest BCUT2D eigenvalue weighted by Crippen LogP contribution is -2.28. The predicted octanol–water partition coefficient (Wildman–Crippen LogP) is 1.72. The summed E-state index contributed by atoms with van der Waals surface area (Å²) in [6, 6.07) is 0. The Kier molecular flexibility index (Phi) is 5.36. The molecule has 0 unspecified atom stereocenters. The molecule has 0 aromatic carbocycles. The molecular formula is C12H24N4S. The van der Waals surface area contributed by atoms with Crippen LogP contribution in [-0.4, -0.2) is 44.1 Å². The minimum atomic E-state index is 0.445. The second-order valence-electron chi connectivity index (χ2n) is 4.89. The molecule has 17 heavy (non-hydrogen) atoms. The average Bonchev–Trinajstić information content (AvgIpc) is 2.69. The summed E-state index contributed by atoms with van der Waals surface area (Å²) in [5, 5.41) is 1.08. The molecule has 0 aliphatic rings. The highest BCUT2D eigenvalue weighted by Crippen LogP contribution is 2.29. The van der Waals surface area contributed by atoms with Gasteiger partial charge in [0.25, 0.3) is 0 Å². The van der Waals surface area contributed by atoms with Gasteiger partial charge in [-0.15, -0.1) is 11.3 Å². The first kappa shape index (κ1) is 14.4. The van der Waals surface area contributed by atoms with E-state index in [9.17, 15) is 0 Å². The van der Waals surface area contributed by atoms with Gasteiger partial charge in [0.1, 0.15) is 0 Å². The fraction of sp³-hybridized carbons (Fsp3) is 0.750. The van der Waals surface area contributed by atoms with E-state index in [0.29, 0.717) is 12.5 Å². The van der Waals surface area contributed by atoms with Crippen LogP contribution in [0, 0.1) is 0 Å². The molecule has 1 rings (SSSR count). The molecule has 0 saturated carbocycles. The fourth-order valence-corrected chi connectivity index (χ4v) is 2.64. The van der Waals surface area contributed by atoms with Crippen LogP contribution in [0.3, 0.4) is 0 Å². The van der Waals surface area contributed by atoms with Gasteiger partial charge in [0.15, 0.2) is 5.13 Å². The van der Waals surface area contributed by atoms with Crippen molar-refractivity contribution in [3.8, 4) is 0 Å². The lowest BCUT2D eigenvalue weighted by Gasteiger charge is -2.18. The Labute approximate surface area is 108 Å². The Morgan fingerprint density at radius 1 is 1.24 bits per heavy atom. The van der Waals surface area contributed by atoms with Crippen LogP contribution in [0.15, 0.2) is 0 Å². The topological polar surface area (TPSA) is 45.4 Å². The largest absolute Gasteiger partial charge is 0.350 e. The van der Waals surface area contributed by atoms with Crippen LogP contribution in [0.2, 0.25) is 0 Å². The Morgan fingerprint density at radius 2 is 1.88 bits per heavy atom. The molecule has 1 aromatic heterocycles. The number of thiazole rings is 1. The minimum absolute atomic E-state index is 0.445. The number of nitrogens with two attached hydrogens (primary N) is 1. The van der Waals surface area contributed by atoms with Crippen LogP contribution in [0.25, 0.3) is 0 Å². The third-order valence-electron chi connectivity index (χ3n) is 2.66. The van der Waals surface area contributed by atoms with E-state index in [2.05, 4.69) is 44.8 Å². The summed E-state index contributed by atoms with van der Waals surface area (Å²) < 4.78 is 0. The molecule has 1 aromatic rings. The molecule has 0 fully saturated rings. The lowest BCUT2D eigenvalue weighted by molar-refractivity contribution is 0.416. The molecule has 98 valence electrons. The van der Waals surface area contributed by atoms with Gasteiger partial charge in [0, 0.05) is 31.6 Å². The zero-order chi connectivity index (χ0) is 13.0. The average molecular weight is 256 g/mol. The molecule has 0 aliphatic carbocycles.